The van der Waals surface area contributed by atoms with Crippen LogP contribution < -0.4 is 4.74 Å². The summed E-state index contributed by atoms with van der Waals surface area (Å²) < 4.78 is 13.4. The van der Waals surface area contributed by atoms with Gasteiger partial charge in [-0.15, -0.1) is 0 Å². The fraction of sp³-hybridized carbons (Fsp3) is 0.500. The number of aryl methyl sites for hydroxylation is 1. The van der Waals surface area contributed by atoms with Crippen molar-refractivity contribution in [3.8, 4) is 5.75 Å². The monoisotopic (exact) mass is 600 g/mol. The van der Waals surface area contributed by atoms with Crippen molar-refractivity contribution in [2.75, 3.05) is 39.9 Å². The summed E-state index contributed by atoms with van der Waals surface area (Å²) in [4.78, 5) is 9.96. The van der Waals surface area contributed by atoms with Crippen molar-refractivity contribution in [2.45, 2.75) is 86.0 Å². The van der Waals surface area contributed by atoms with Gasteiger partial charge in [-0.1, -0.05) is 95.1 Å². The third-order valence-corrected chi connectivity index (χ3v) is 7.96. The number of ether oxygens (including phenoxy) is 2. The minimum atomic E-state index is 0.594. The molecule has 4 rings (SSSR count). The van der Waals surface area contributed by atoms with Crippen LogP contribution in [0.1, 0.15) is 76.8 Å². The molecule has 0 radical (unpaired) electrons. The maximum atomic E-state index is 5.97. The number of aromatic nitrogens is 2. The van der Waals surface area contributed by atoms with Crippen LogP contribution in [0.25, 0.3) is 11.0 Å². The first-order valence-electron chi connectivity index (χ1n) is 16.7. The maximum Gasteiger partial charge on any atom is 0.124 e. The Morgan fingerprint density at radius 1 is 0.682 bits per heavy atom. The van der Waals surface area contributed by atoms with Crippen molar-refractivity contribution in [3.63, 3.8) is 0 Å². The van der Waals surface area contributed by atoms with Crippen molar-refractivity contribution >= 4 is 11.0 Å². The van der Waals surface area contributed by atoms with E-state index in [1.54, 1.807) is 7.11 Å². The van der Waals surface area contributed by atoms with Gasteiger partial charge in [0.25, 0.3) is 0 Å². The first kappa shape index (κ1) is 35.3. The van der Waals surface area contributed by atoms with Crippen LogP contribution in [0.4, 0.5) is 0 Å². The van der Waals surface area contributed by atoms with Gasteiger partial charge in [0, 0.05) is 33.4 Å². The molecule has 0 fully saturated rings. The van der Waals surface area contributed by atoms with Crippen LogP contribution >= 0.6 is 0 Å². The molecule has 0 amide bonds. The summed E-state index contributed by atoms with van der Waals surface area (Å²) in [5.74, 6) is 2.09. The van der Waals surface area contributed by atoms with Crippen LogP contribution in [0.2, 0.25) is 0 Å². The third kappa shape index (κ3) is 12.1. The molecule has 4 aromatic rings. The second-order valence-electron chi connectivity index (χ2n) is 11.4. The SMILES string of the molecule is CCCCN(Cc1ccc(OCc2ccccc2)cc1)Cc1nc2ccccc2n1CCCC.CCN(CC)CCCOC. The number of hydrogen-bond acceptors (Lipinski definition) is 5. The molecule has 0 aliphatic heterocycles. The van der Waals surface area contributed by atoms with Gasteiger partial charge >= 0.3 is 0 Å². The van der Waals surface area contributed by atoms with Crippen molar-refractivity contribution in [1.29, 1.82) is 0 Å². The van der Waals surface area contributed by atoms with E-state index in [1.165, 1.54) is 54.7 Å². The van der Waals surface area contributed by atoms with E-state index >= 15 is 0 Å². The van der Waals surface area contributed by atoms with Gasteiger partial charge in [0.05, 0.1) is 17.6 Å². The number of para-hydroxylation sites is 2. The van der Waals surface area contributed by atoms with Crippen molar-refractivity contribution < 1.29 is 9.47 Å². The van der Waals surface area contributed by atoms with Crippen LogP contribution in [-0.2, 0) is 31.0 Å². The topological polar surface area (TPSA) is 42.8 Å². The molecule has 0 aliphatic rings. The van der Waals surface area contributed by atoms with Gasteiger partial charge in [-0.2, -0.15) is 0 Å². The van der Waals surface area contributed by atoms with E-state index in [4.69, 9.17) is 14.5 Å². The van der Waals surface area contributed by atoms with Crippen molar-refractivity contribution in [3.05, 3.63) is 95.8 Å². The van der Waals surface area contributed by atoms with E-state index in [0.29, 0.717) is 6.61 Å². The lowest BCUT2D eigenvalue weighted by Crippen LogP contribution is -2.26. The fourth-order valence-electron chi connectivity index (χ4n) is 5.27. The molecule has 0 atom stereocenters. The number of rotatable bonds is 19. The Balaban J connectivity index is 0.000000456. The van der Waals surface area contributed by atoms with Crippen LogP contribution in [0.5, 0.6) is 5.75 Å². The normalized spacial score (nSPS) is 11.2. The molecular formula is C38H56N4O2. The van der Waals surface area contributed by atoms with E-state index in [9.17, 15) is 0 Å². The largest absolute Gasteiger partial charge is 0.489 e. The number of nitrogens with zero attached hydrogens (tertiary/aromatic N) is 4. The molecule has 0 saturated carbocycles. The molecular weight excluding hydrogens is 544 g/mol. The minimum absolute atomic E-state index is 0.594. The number of imidazole rings is 1. The zero-order valence-corrected chi connectivity index (χ0v) is 28.0. The molecule has 1 aromatic heterocycles. The predicted octanol–water partition coefficient (Wildman–Crippen LogP) is 8.58. The first-order chi connectivity index (χ1) is 21.6. The number of unbranched alkanes of at least 4 members (excludes halogenated alkanes) is 2. The average Bonchev–Trinajstić information content (AvgIpc) is 3.41. The van der Waals surface area contributed by atoms with Crippen LogP contribution in [-0.4, -0.2) is 59.2 Å². The maximum absolute atomic E-state index is 5.97. The van der Waals surface area contributed by atoms with Crippen LogP contribution in [0, 0.1) is 0 Å². The fourth-order valence-corrected chi connectivity index (χ4v) is 5.27. The molecule has 3 aromatic carbocycles. The Hall–Kier alpha value is -3.19. The third-order valence-electron chi connectivity index (χ3n) is 7.96. The van der Waals surface area contributed by atoms with Gasteiger partial charge in [-0.25, -0.2) is 4.98 Å². The smallest absolute Gasteiger partial charge is 0.124 e. The molecule has 0 spiro atoms. The summed E-state index contributed by atoms with van der Waals surface area (Å²) >= 11 is 0. The Labute approximate surface area is 267 Å². The lowest BCUT2D eigenvalue weighted by molar-refractivity contribution is 0.175. The molecule has 0 saturated heterocycles. The lowest BCUT2D eigenvalue weighted by atomic mass is 10.2. The van der Waals surface area contributed by atoms with Gasteiger partial charge in [0.15, 0.2) is 0 Å². The zero-order valence-electron chi connectivity index (χ0n) is 28.0. The van der Waals surface area contributed by atoms with Gasteiger partial charge in [-0.05, 0) is 74.3 Å². The highest BCUT2D eigenvalue weighted by Gasteiger charge is 2.15. The minimum Gasteiger partial charge on any atom is -0.489 e. The summed E-state index contributed by atoms with van der Waals surface area (Å²) in [6, 6.07) is 27.4. The molecule has 0 bridgehead atoms. The van der Waals surface area contributed by atoms with E-state index < -0.39 is 0 Å². The molecule has 240 valence electrons. The molecule has 0 aliphatic carbocycles. The number of methoxy groups -OCH3 is 1. The molecule has 6 nitrogen and oxygen atoms in total. The Morgan fingerprint density at radius 3 is 2.05 bits per heavy atom. The highest BCUT2D eigenvalue weighted by molar-refractivity contribution is 5.75. The highest BCUT2D eigenvalue weighted by Crippen LogP contribution is 2.21. The Bertz CT molecular complexity index is 1290. The molecule has 1 heterocycles. The van der Waals surface area contributed by atoms with E-state index in [-0.39, 0.29) is 0 Å². The second kappa shape index (κ2) is 20.7. The summed E-state index contributed by atoms with van der Waals surface area (Å²) in [6.45, 7) is 17.7. The molecule has 44 heavy (non-hydrogen) atoms. The van der Waals surface area contributed by atoms with E-state index in [2.05, 4.69) is 103 Å². The predicted molar refractivity (Wildman–Crippen MR) is 185 cm³/mol. The quantitative estimate of drug-likeness (QED) is 0.101. The molecule has 6 heteroatoms. The number of hydrogen-bond donors (Lipinski definition) is 0. The Kier molecular flexibility index (Phi) is 16.6. The highest BCUT2D eigenvalue weighted by atomic mass is 16.5. The van der Waals surface area contributed by atoms with E-state index in [1.807, 2.05) is 18.2 Å². The van der Waals surface area contributed by atoms with Crippen molar-refractivity contribution in [1.82, 2.24) is 19.4 Å². The second-order valence-corrected chi connectivity index (χ2v) is 11.4. The van der Waals surface area contributed by atoms with Gasteiger partial charge in [0.1, 0.15) is 18.2 Å². The summed E-state index contributed by atoms with van der Waals surface area (Å²) in [6.07, 6.45) is 5.89. The Morgan fingerprint density at radius 2 is 1.36 bits per heavy atom. The standard InChI is InChI=1S/C30H37N3O.C8H19NO/c1-3-5-20-32(23-30-31-28-14-10-11-15-29(28)33(30)21-6-4-2)22-25-16-18-27(19-17-25)34-24-26-12-8-7-9-13-26;1-4-9(5-2)7-6-8-10-3/h7-19H,3-6,20-24H2,1-2H3;4-8H2,1-3H3. The number of benzene rings is 3. The van der Waals surface area contributed by atoms with Crippen molar-refractivity contribution in [2.24, 2.45) is 0 Å². The van der Waals surface area contributed by atoms with Gasteiger partial charge in [0.2, 0.25) is 0 Å². The van der Waals surface area contributed by atoms with Crippen LogP contribution in [0.3, 0.4) is 0 Å². The van der Waals surface area contributed by atoms with Gasteiger partial charge in [-0.3, -0.25) is 4.90 Å². The van der Waals surface area contributed by atoms with E-state index in [0.717, 1.165) is 63.6 Å². The molecule has 0 N–H and O–H groups in total. The van der Waals surface area contributed by atoms with Crippen LogP contribution in [0.15, 0.2) is 78.9 Å². The first-order valence-corrected chi connectivity index (χ1v) is 16.7. The summed E-state index contributed by atoms with van der Waals surface area (Å²) in [7, 11) is 1.75. The van der Waals surface area contributed by atoms with Gasteiger partial charge < -0.3 is 18.9 Å². The summed E-state index contributed by atoms with van der Waals surface area (Å²) in [5.41, 5.74) is 4.84. The number of fused-ring (bicyclic) bond motifs is 1. The average molecular weight is 601 g/mol. The summed E-state index contributed by atoms with van der Waals surface area (Å²) in [5, 5.41) is 0. The lowest BCUT2D eigenvalue weighted by Gasteiger charge is -2.23. The molecule has 0 unspecified atom stereocenters. The zero-order chi connectivity index (χ0) is 31.4.